The van der Waals surface area contributed by atoms with Gasteiger partial charge in [-0.1, -0.05) is 17.7 Å². The van der Waals surface area contributed by atoms with E-state index in [0.29, 0.717) is 10.6 Å². The Bertz CT molecular complexity index is 564. The maximum Gasteiger partial charge on any atom is 0.268 e. The summed E-state index contributed by atoms with van der Waals surface area (Å²) in [7, 11) is 0. The van der Waals surface area contributed by atoms with Crippen molar-refractivity contribution < 1.29 is 9.90 Å². The Hall–Kier alpha value is -1.81. The van der Waals surface area contributed by atoms with Gasteiger partial charge in [-0.2, -0.15) is 0 Å². The van der Waals surface area contributed by atoms with Crippen molar-refractivity contribution in [3.63, 3.8) is 0 Å². The molecule has 1 amide bonds. The molecule has 94 valence electrons. The Morgan fingerprint density at radius 3 is 2.94 bits per heavy atom. The number of benzene rings is 1. The van der Waals surface area contributed by atoms with E-state index in [1.807, 2.05) is 13.0 Å². The van der Waals surface area contributed by atoms with Crippen molar-refractivity contribution in [1.82, 2.24) is 5.43 Å². The molecule has 0 saturated carbocycles. The molecule has 1 aliphatic heterocycles. The van der Waals surface area contributed by atoms with Crippen molar-refractivity contribution in [3.05, 3.63) is 39.9 Å². The normalized spacial score (nSPS) is 21.7. The van der Waals surface area contributed by atoms with E-state index in [1.54, 1.807) is 25.1 Å². The molecule has 0 aromatic heterocycles. The van der Waals surface area contributed by atoms with Gasteiger partial charge in [-0.05, 0) is 43.2 Å². The lowest BCUT2D eigenvalue weighted by Gasteiger charge is -2.18. The molecule has 0 radical (unpaired) electrons. The lowest BCUT2D eigenvalue weighted by atomic mass is 9.95. The third-order valence-electron chi connectivity index (χ3n) is 2.94. The molecule has 1 aromatic rings. The quantitative estimate of drug-likeness (QED) is 0.766. The highest BCUT2D eigenvalue weighted by Crippen LogP contribution is 2.23. The molecule has 1 aromatic carbocycles. The largest absolute Gasteiger partial charge is 0.495 e. The topological polar surface area (TPSA) is 61.7 Å². The smallest absolute Gasteiger partial charge is 0.268 e. The van der Waals surface area contributed by atoms with Crippen LogP contribution in [-0.2, 0) is 4.79 Å². The van der Waals surface area contributed by atoms with E-state index in [1.165, 1.54) is 0 Å². The van der Waals surface area contributed by atoms with Crippen LogP contribution in [0.25, 0.3) is 6.08 Å². The zero-order valence-electron chi connectivity index (χ0n) is 10.1. The Kier molecular flexibility index (Phi) is 3.39. The predicted molar refractivity (Wildman–Crippen MR) is 71.5 cm³/mol. The van der Waals surface area contributed by atoms with Gasteiger partial charge in [0.25, 0.3) is 5.91 Å². The fourth-order valence-electron chi connectivity index (χ4n) is 1.73. The molecule has 0 aliphatic carbocycles. The van der Waals surface area contributed by atoms with Crippen LogP contribution in [0.15, 0.2) is 28.9 Å². The van der Waals surface area contributed by atoms with Crippen molar-refractivity contribution in [1.29, 1.82) is 0 Å². The van der Waals surface area contributed by atoms with Crippen LogP contribution in [0.3, 0.4) is 0 Å². The zero-order valence-corrected chi connectivity index (χ0v) is 10.8. The molecule has 0 spiro atoms. The number of rotatable bonds is 1. The van der Waals surface area contributed by atoms with E-state index >= 15 is 0 Å². The second-order valence-electron chi connectivity index (χ2n) is 4.23. The number of nitrogens with zero attached hydrogens (tertiary/aromatic N) is 1. The van der Waals surface area contributed by atoms with Gasteiger partial charge in [-0.3, -0.25) is 4.79 Å². The van der Waals surface area contributed by atoms with Crippen LogP contribution in [0.1, 0.15) is 18.1 Å². The molecule has 1 atom stereocenters. The summed E-state index contributed by atoms with van der Waals surface area (Å²) >= 11 is 5.93. The first kappa shape index (κ1) is 12.6. The number of amides is 1. The maximum atomic E-state index is 11.7. The maximum absolute atomic E-state index is 11.7. The number of hydrogen-bond acceptors (Lipinski definition) is 2. The van der Waals surface area contributed by atoms with Gasteiger partial charge < -0.3 is 5.11 Å². The zero-order chi connectivity index (χ0) is 13.3. The Morgan fingerprint density at radius 1 is 1.50 bits per heavy atom. The van der Waals surface area contributed by atoms with Crippen LogP contribution in [0.2, 0.25) is 5.02 Å². The molecule has 4 nitrogen and oxygen atoms in total. The van der Waals surface area contributed by atoms with Crippen LogP contribution >= 0.6 is 11.6 Å². The highest BCUT2D eigenvalue weighted by molar-refractivity contribution is 6.30. The van der Waals surface area contributed by atoms with Gasteiger partial charge in [0.1, 0.15) is 0 Å². The first-order chi connectivity index (χ1) is 8.49. The fourth-order valence-corrected chi connectivity index (χ4v) is 1.91. The van der Waals surface area contributed by atoms with Gasteiger partial charge in [-0.25, -0.2) is 5.43 Å². The van der Waals surface area contributed by atoms with Gasteiger partial charge in [0.15, 0.2) is 0 Å². The number of aliphatic hydroxyl groups excluding tert-OH is 1. The van der Waals surface area contributed by atoms with Gasteiger partial charge in [0.2, 0.25) is 5.90 Å². The van der Waals surface area contributed by atoms with Crippen molar-refractivity contribution >= 4 is 29.5 Å². The molecule has 1 aliphatic rings. The second kappa shape index (κ2) is 4.82. The van der Waals surface area contributed by atoms with Crippen LogP contribution in [0.5, 0.6) is 0 Å². The molecule has 1 unspecified atom stereocenters. The molecule has 2 rings (SSSR count). The molecule has 0 saturated heterocycles. The highest BCUT2D eigenvalue weighted by Gasteiger charge is 2.26. The van der Waals surface area contributed by atoms with Crippen LogP contribution in [0, 0.1) is 12.8 Å². The van der Waals surface area contributed by atoms with Gasteiger partial charge in [0, 0.05) is 10.6 Å². The molecular formula is C13H13ClN2O2. The number of halogens is 1. The molecule has 0 bridgehead atoms. The third-order valence-corrected chi connectivity index (χ3v) is 3.18. The first-order valence-electron chi connectivity index (χ1n) is 5.53. The number of nitrogens with one attached hydrogen (secondary N) is 1. The van der Waals surface area contributed by atoms with E-state index in [2.05, 4.69) is 10.5 Å². The third kappa shape index (κ3) is 2.38. The first-order valence-corrected chi connectivity index (χ1v) is 5.91. The lowest BCUT2D eigenvalue weighted by Crippen LogP contribution is -2.34. The average molecular weight is 265 g/mol. The summed E-state index contributed by atoms with van der Waals surface area (Å²) in [6.07, 6.45) is 1.73. The summed E-state index contributed by atoms with van der Waals surface area (Å²) in [4.78, 5) is 11.7. The van der Waals surface area contributed by atoms with Gasteiger partial charge in [-0.15, -0.1) is 5.10 Å². The van der Waals surface area contributed by atoms with E-state index in [0.717, 1.165) is 11.1 Å². The van der Waals surface area contributed by atoms with Crippen LogP contribution in [0.4, 0.5) is 0 Å². The monoisotopic (exact) mass is 264 g/mol. The summed E-state index contributed by atoms with van der Waals surface area (Å²) in [6, 6.07) is 5.46. The van der Waals surface area contributed by atoms with E-state index < -0.39 is 5.92 Å². The predicted octanol–water partition coefficient (Wildman–Crippen LogP) is 2.67. The number of carbonyl (C=O) groups is 1. The lowest BCUT2D eigenvalue weighted by molar-refractivity contribution is -0.118. The molecule has 0 fully saturated rings. The summed E-state index contributed by atoms with van der Waals surface area (Å²) in [5, 5.41) is 13.7. The van der Waals surface area contributed by atoms with Crippen molar-refractivity contribution in [3.8, 4) is 0 Å². The van der Waals surface area contributed by atoms with Crippen LogP contribution < -0.4 is 5.43 Å². The summed E-state index contributed by atoms with van der Waals surface area (Å²) in [5.41, 5.74) is 4.59. The van der Waals surface area contributed by atoms with Crippen molar-refractivity contribution in [2.24, 2.45) is 11.0 Å². The average Bonchev–Trinajstić information content (AvgIpc) is 2.34. The Morgan fingerprint density at radius 2 is 2.22 bits per heavy atom. The number of hydrazone groups is 1. The highest BCUT2D eigenvalue weighted by atomic mass is 35.5. The standard InChI is InChI=1S/C13H13ClN2O2/c1-7-3-4-10(14)5-9(7)6-11-8(2)12(17)15-16-13(11)18/h3-6,8H,1-2H3,(H,15,17)(H,16,18)/b11-6+. The molecule has 5 heteroatoms. The van der Waals surface area contributed by atoms with E-state index in [4.69, 9.17) is 11.6 Å². The van der Waals surface area contributed by atoms with Crippen LogP contribution in [-0.4, -0.2) is 16.9 Å². The Balaban J connectivity index is 2.46. The molecule has 18 heavy (non-hydrogen) atoms. The second-order valence-corrected chi connectivity index (χ2v) is 4.67. The van der Waals surface area contributed by atoms with E-state index in [-0.39, 0.29) is 11.8 Å². The SMILES string of the molecule is Cc1ccc(Cl)cc1/C=C1/C(=O)NN=C(O)C1C. The molecule has 2 N–H and O–H groups in total. The summed E-state index contributed by atoms with van der Waals surface area (Å²) in [5.74, 6) is -0.822. The molecule has 1 heterocycles. The summed E-state index contributed by atoms with van der Waals surface area (Å²) < 4.78 is 0. The number of aryl methyl sites for hydroxylation is 1. The Labute approximate surface area is 110 Å². The molecular weight excluding hydrogens is 252 g/mol. The minimum absolute atomic E-state index is 0.0967. The van der Waals surface area contributed by atoms with E-state index in [9.17, 15) is 9.90 Å². The van der Waals surface area contributed by atoms with Crippen molar-refractivity contribution in [2.45, 2.75) is 13.8 Å². The van der Waals surface area contributed by atoms with Gasteiger partial charge >= 0.3 is 0 Å². The summed E-state index contributed by atoms with van der Waals surface area (Å²) in [6.45, 7) is 3.66. The van der Waals surface area contributed by atoms with Crippen molar-refractivity contribution in [2.75, 3.05) is 0 Å². The number of hydrogen-bond donors (Lipinski definition) is 2. The minimum atomic E-state index is -0.419. The van der Waals surface area contributed by atoms with Gasteiger partial charge in [0.05, 0.1) is 5.92 Å². The number of aliphatic hydroxyl groups is 1. The minimum Gasteiger partial charge on any atom is -0.495 e. The number of carbonyl (C=O) groups excluding carboxylic acids is 1. The fraction of sp³-hybridized carbons (Fsp3) is 0.231.